The van der Waals surface area contributed by atoms with Crippen molar-refractivity contribution in [3.63, 3.8) is 0 Å². The van der Waals surface area contributed by atoms with Crippen LogP contribution < -0.4 is 9.62 Å². The minimum atomic E-state index is -4.23. The molecule has 0 saturated carbocycles. The Morgan fingerprint density at radius 2 is 1.59 bits per heavy atom. The standard InChI is InChI=1S/C28H30BrCl2N3O4S/c1-4-19(2)32-28(36)20(3)33(17-21-13-15-22(29)16-14-21)26(35)18-34(25-12-8-11-24(30)27(25)31)39(37,38)23-9-6-5-7-10-23/h5-16,19-20H,4,17-18H2,1-3H3,(H,32,36)/t19-,20+/m0/s1. The number of rotatable bonds is 11. The summed E-state index contributed by atoms with van der Waals surface area (Å²) in [5, 5.41) is 3.04. The number of sulfonamides is 1. The van der Waals surface area contributed by atoms with Gasteiger partial charge in [0, 0.05) is 17.1 Å². The van der Waals surface area contributed by atoms with Gasteiger partial charge < -0.3 is 10.2 Å². The number of benzene rings is 3. The second kappa shape index (κ2) is 13.7. The summed E-state index contributed by atoms with van der Waals surface area (Å²) in [7, 11) is -4.23. The van der Waals surface area contributed by atoms with E-state index < -0.39 is 28.5 Å². The van der Waals surface area contributed by atoms with E-state index in [1.807, 2.05) is 38.1 Å². The molecular formula is C28H30BrCl2N3O4S. The molecule has 0 aliphatic heterocycles. The summed E-state index contributed by atoms with van der Waals surface area (Å²) in [6, 6.07) is 18.7. The van der Waals surface area contributed by atoms with Crippen LogP contribution in [0.15, 0.2) is 82.2 Å². The average molecular weight is 655 g/mol. The van der Waals surface area contributed by atoms with Crippen molar-refractivity contribution in [2.24, 2.45) is 0 Å². The first-order chi connectivity index (χ1) is 18.4. The van der Waals surface area contributed by atoms with E-state index in [1.165, 1.54) is 29.2 Å². The maximum atomic E-state index is 13.9. The Bertz CT molecular complexity index is 1410. The van der Waals surface area contributed by atoms with Gasteiger partial charge in [-0.05, 0) is 62.2 Å². The fraction of sp³-hybridized carbons (Fsp3) is 0.286. The molecule has 3 rings (SSSR count). The smallest absolute Gasteiger partial charge is 0.264 e. The van der Waals surface area contributed by atoms with Crippen molar-refractivity contribution in [2.75, 3.05) is 10.8 Å². The Labute approximate surface area is 248 Å². The summed E-state index contributed by atoms with van der Waals surface area (Å²) >= 11 is 16.1. The highest BCUT2D eigenvalue weighted by molar-refractivity contribution is 9.10. The molecule has 3 aromatic carbocycles. The molecule has 0 heterocycles. The Hall–Kier alpha value is -2.59. The molecule has 0 saturated heterocycles. The summed E-state index contributed by atoms with van der Waals surface area (Å²) in [6.45, 7) is 4.93. The lowest BCUT2D eigenvalue weighted by molar-refractivity contribution is -0.139. The van der Waals surface area contributed by atoms with Crippen molar-refractivity contribution in [3.8, 4) is 0 Å². The zero-order chi connectivity index (χ0) is 28.7. The van der Waals surface area contributed by atoms with Crippen LogP contribution in [0.3, 0.4) is 0 Å². The maximum Gasteiger partial charge on any atom is 0.264 e. The molecule has 2 amide bonds. The number of anilines is 1. The molecule has 0 unspecified atom stereocenters. The van der Waals surface area contributed by atoms with Crippen LogP contribution in [-0.2, 0) is 26.2 Å². The average Bonchev–Trinajstić information content (AvgIpc) is 2.92. The first kappa shape index (κ1) is 30.9. The summed E-state index contributed by atoms with van der Waals surface area (Å²) in [6.07, 6.45) is 0.718. The van der Waals surface area contributed by atoms with Crippen molar-refractivity contribution in [1.29, 1.82) is 0 Å². The number of amides is 2. The van der Waals surface area contributed by atoms with E-state index in [9.17, 15) is 18.0 Å². The van der Waals surface area contributed by atoms with Gasteiger partial charge in [-0.1, -0.05) is 82.5 Å². The number of carbonyl (C=O) groups is 2. The van der Waals surface area contributed by atoms with Gasteiger partial charge in [-0.3, -0.25) is 13.9 Å². The molecule has 39 heavy (non-hydrogen) atoms. The minimum absolute atomic E-state index is 0.00602. The number of halogens is 3. The van der Waals surface area contributed by atoms with E-state index in [0.717, 1.165) is 20.8 Å². The molecule has 0 aliphatic rings. The van der Waals surface area contributed by atoms with Crippen molar-refractivity contribution >= 4 is 66.7 Å². The van der Waals surface area contributed by atoms with Gasteiger partial charge in [0.2, 0.25) is 11.8 Å². The van der Waals surface area contributed by atoms with Crippen molar-refractivity contribution < 1.29 is 18.0 Å². The molecule has 2 atom stereocenters. The Kier molecular flexibility index (Phi) is 10.8. The minimum Gasteiger partial charge on any atom is -0.352 e. The molecule has 3 aromatic rings. The molecule has 0 aromatic heterocycles. The molecular weight excluding hydrogens is 625 g/mol. The largest absolute Gasteiger partial charge is 0.352 e. The lowest BCUT2D eigenvalue weighted by Gasteiger charge is -2.32. The second-order valence-corrected chi connectivity index (χ2v) is 12.6. The summed E-state index contributed by atoms with van der Waals surface area (Å²) in [5.41, 5.74) is 0.828. The van der Waals surface area contributed by atoms with Crippen LogP contribution in [0.5, 0.6) is 0 Å². The molecule has 0 bridgehead atoms. The van der Waals surface area contributed by atoms with Crippen molar-refractivity contribution in [3.05, 3.63) is 92.9 Å². The maximum absolute atomic E-state index is 13.9. The van der Waals surface area contributed by atoms with Crippen LogP contribution >= 0.6 is 39.1 Å². The van der Waals surface area contributed by atoms with E-state index in [1.54, 1.807) is 31.2 Å². The predicted molar refractivity (Wildman–Crippen MR) is 159 cm³/mol. The van der Waals surface area contributed by atoms with Gasteiger partial charge in [0.1, 0.15) is 12.6 Å². The Morgan fingerprint density at radius 1 is 0.949 bits per heavy atom. The third kappa shape index (κ3) is 7.75. The lowest BCUT2D eigenvalue weighted by atomic mass is 10.1. The van der Waals surface area contributed by atoms with Crippen LogP contribution in [0.2, 0.25) is 10.0 Å². The van der Waals surface area contributed by atoms with Crippen molar-refractivity contribution in [1.82, 2.24) is 10.2 Å². The van der Waals surface area contributed by atoms with E-state index in [4.69, 9.17) is 23.2 Å². The van der Waals surface area contributed by atoms with Crippen molar-refractivity contribution in [2.45, 2.75) is 50.7 Å². The summed E-state index contributed by atoms with van der Waals surface area (Å²) < 4.78 is 29.4. The number of nitrogens with zero attached hydrogens (tertiary/aromatic N) is 2. The van der Waals surface area contributed by atoms with Gasteiger partial charge in [0.25, 0.3) is 10.0 Å². The van der Waals surface area contributed by atoms with E-state index in [-0.39, 0.29) is 39.1 Å². The van der Waals surface area contributed by atoms with E-state index >= 15 is 0 Å². The molecule has 7 nitrogen and oxygen atoms in total. The summed E-state index contributed by atoms with van der Waals surface area (Å²) in [5.74, 6) is -0.923. The van der Waals surface area contributed by atoms with E-state index in [0.29, 0.717) is 0 Å². The van der Waals surface area contributed by atoms with Gasteiger partial charge in [-0.2, -0.15) is 0 Å². The number of carbonyl (C=O) groups excluding carboxylic acids is 2. The lowest BCUT2D eigenvalue weighted by Crippen LogP contribution is -2.52. The van der Waals surface area contributed by atoms with Crippen LogP contribution in [0, 0.1) is 0 Å². The molecule has 0 aliphatic carbocycles. The SMILES string of the molecule is CC[C@H](C)NC(=O)[C@@H](C)N(Cc1ccc(Br)cc1)C(=O)CN(c1cccc(Cl)c1Cl)S(=O)(=O)c1ccccc1. The molecule has 0 fully saturated rings. The highest BCUT2D eigenvalue weighted by Gasteiger charge is 2.33. The Morgan fingerprint density at radius 3 is 2.21 bits per heavy atom. The van der Waals surface area contributed by atoms with Gasteiger partial charge in [0.05, 0.1) is 20.6 Å². The Balaban J connectivity index is 2.05. The third-order valence-electron chi connectivity index (χ3n) is 6.24. The molecule has 0 radical (unpaired) electrons. The fourth-order valence-corrected chi connectivity index (χ4v) is 5.91. The normalized spacial score (nSPS) is 12.9. The second-order valence-electron chi connectivity index (χ2n) is 9.04. The third-order valence-corrected chi connectivity index (χ3v) is 9.36. The fourth-order valence-electron chi connectivity index (χ4n) is 3.75. The molecule has 11 heteroatoms. The number of hydrogen-bond donors (Lipinski definition) is 1. The number of hydrogen-bond acceptors (Lipinski definition) is 4. The highest BCUT2D eigenvalue weighted by atomic mass is 79.9. The number of nitrogens with one attached hydrogen (secondary N) is 1. The summed E-state index contributed by atoms with van der Waals surface area (Å²) in [4.78, 5) is 28.4. The first-order valence-electron chi connectivity index (χ1n) is 12.3. The van der Waals surface area contributed by atoms with Crippen LogP contribution in [0.1, 0.15) is 32.8 Å². The van der Waals surface area contributed by atoms with Crippen LogP contribution in [-0.4, -0.2) is 43.8 Å². The van der Waals surface area contributed by atoms with Crippen LogP contribution in [0.4, 0.5) is 5.69 Å². The zero-order valence-corrected chi connectivity index (χ0v) is 25.7. The van der Waals surface area contributed by atoms with Gasteiger partial charge in [-0.25, -0.2) is 8.42 Å². The molecule has 0 spiro atoms. The highest BCUT2D eigenvalue weighted by Crippen LogP contribution is 2.35. The van der Waals surface area contributed by atoms with Gasteiger partial charge >= 0.3 is 0 Å². The molecule has 208 valence electrons. The topological polar surface area (TPSA) is 86.8 Å². The van der Waals surface area contributed by atoms with Crippen LogP contribution in [0.25, 0.3) is 0 Å². The first-order valence-corrected chi connectivity index (χ1v) is 15.3. The van der Waals surface area contributed by atoms with Gasteiger partial charge in [-0.15, -0.1) is 0 Å². The zero-order valence-electron chi connectivity index (χ0n) is 21.8. The van der Waals surface area contributed by atoms with Gasteiger partial charge in [0.15, 0.2) is 0 Å². The quantitative estimate of drug-likeness (QED) is 0.264. The monoisotopic (exact) mass is 653 g/mol. The van der Waals surface area contributed by atoms with E-state index in [2.05, 4.69) is 21.2 Å². The molecule has 1 N–H and O–H groups in total. The predicted octanol–water partition coefficient (Wildman–Crippen LogP) is 6.28.